The van der Waals surface area contributed by atoms with Gasteiger partial charge in [-0.1, -0.05) is 29.8 Å². The normalized spacial score (nSPS) is 14.3. The first-order valence-electron chi connectivity index (χ1n) is 11.7. The van der Waals surface area contributed by atoms with Crippen LogP contribution in [0.2, 0.25) is 0 Å². The van der Waals surface area contributed by atoms with Gasteiger partial charge in [0.15, 0.2) is 0 Å². The minimum Gasteiger partial charge on any atom is -0.497 e. The van der Waals surface area contributed by atoms with Crippen LogP contribution >= 0.6 is 11.3 Å². The fraction of sp³-hybridized carbons (Fsp3) is 0.296. The fourth-order valence-electron chi connectivity index (χ4n) is 4.33. The third-order valence-corrected chi connectivity index (χ3v) is 7.12. The molecule has 1 aliphatic rings. The third kappa shape index (κ3) is 5.13. The second kappa shape index (κ2) is 10.0. The molecule has 1 amide bonds. The van der Waals surface area contributed by atoms with Gasteiger partial charge in [-0.15, -0.1) is 11.3 Å². The smallest absolute Gasteiger partial charge is 0.257 e. The van der Waals surface area contributed by atoms with Gasteiger partial charge in [0.1, 0.15) is 11.4 Å². The maximum Gasteiger partial charge on any atom is 0.257 e. The minimum absolute atomic E-state index is 0.00494. The Morgan fingerprint density at radius 3 is 2.51 bits per heavy atom. The number of thiazole rings is 1. The van der Waals surface area contributed by atoms with Crippen molar-refractivity contribution in [2.45, 2.75) is 20.4 Å². The first kappa shape index (κ1) is 23.3. The number of carbonyl (C=O) groups excluding carboxylic acids is 1. The number of rotatable bonds is 6. The van der Waals surface area contributed by atoms with E-state index in [9.17, 15) is 4.79 Å². The maximum atomic E-state index is 13.7. The molecule has 35 heavy (non-hydrogen) atoms. The van der Waals surface area contributed by atoms with Gasteiger partial charge in [0.25, 0.3) is 5.91 Å². The average Bonchev–Trinajstić information content (AvgIpc) is 3.51. The first-order chi connectivity index (χ1) is 17.0. The lowest BCUT2D eigenvalue weighted by Crippen LogP contribution is -2.48. The summed E-state index contributed by atoms with van der Waals surface area (Å²) in [5.41, 5.74) is 5.32. The van der Waals surface area contributed by atoms with E-state index in [0.717, 1.165) is 47.3 Å². The molecule has 1 fully saturated rings. The summed E-state index contributed by atoms with van der Waals surface area (Å²) >= 11 is 1.68. The van der Waals surface area contributed by atoms with E-state index in [2.05, 4.69) is 22.2 Å². The Balaban J connectivity index is 1.40. The summed E-state index contributed by atoms with van der Waals surface area (Å²) < 4.78 is 7.21. The Kier molecular flexibility index (Phi) is 6.66. The van der Waals surface area contributed by atoms with Crippen molar-refractivity contribution < 1.29 is 9.53 Å². The zero-order chi connectivity index (χ0) is 24.4. The van der Waals surface area contributed by atoms with Gasteiger partial charge in [-0.05, 0) is 38.1 Å². The highest BCUT2D eigenvalue weighted by Crippen LogP contribution is 2.28. The Morgan fingerprint density at radius 1 is 1.06 bits per heavy atom. The molecule has 0 atom stereocenters. The van der Waals surface area contributed by atoms with Crippen molar-refractivity contribution in [3.63, 3.8) is 0 Å². The number of carbonyl (C=O) groups is 1. The van der Waals surface area contributed by atoms with Crippen molar-refractivity contribution in [3.8, 4) is 22.7 Å². The van der Waals surface area contributed by atoms with Gasteiger partial charge < -0.3 is 9.64 Å². The topological polar surface area (TPSA) is 63.5 Å². The van der Waals surface area contributed by atoms with Gasteiger partial charge >= 0.3 is 0 Å². The molecule has 2 aromatic carbocycles. The summed E-state index contributed by atoms with van der Waals surface area (Å²) in [4.78, 5) is 22.6. The zero-order valence-corrected chi connectivity index (χ0v) is 21.1. The zero-order valence-electron chi connectivity index (χ0n) is 20.3. The number of hydrogen-bond acceptors (Lipinski definition) is 6. The largest absolute Gasteiger partial charge is 0.497 e. The van der Waals surface area contributed by atoms with Crippen molar-refractivity contribution in [1.82, 2.24) is 24.6 Å². The molecule has 0 saturated carbocycles. The van der Waals surface area contributed by atoms with Gasteiger partial charge in [0.05, 0.1) is 29.1 Å². The SMILES string of the molecule is COc1cccc(-c2nn(-c3ccc(C)cc3)cc2C(=O)N2CCN(Cc3csc(C)n3)CC2)c1. The third-order valence-electron chi connectivity index (χ3n) is 6.30. The van der Waals surface area contributed by atoms with Crippen molar-refractivity contribution in [3.05, 3.63) is 81.9 Å². The van der Waals surface area contributed by atoms with Gasteiger partial charge in [-0.3, -0.25) is 9.69 Å². The van der Waals surface area contributed by atoms with Crippen LogP contribution in [0.25, 0.3) is 16.9 Å². The fourth-order valence-corrected chi connectivity index (χ4v) is 4.94. The summed E-state index contributed by atoms with van der Waals surface area (Å²) in [6.07, 6.45) is 1.85. The molecule has 5 rings (SSSR count). The number of benzene rings is 2. The van der Waals surface area contributed by atoms with Crippen LogP contribution in [-0.2, 0) is 6.54 Å². The van der Waals surface area contributed by atoms with E-state index >= 15 is 0 Å². The van der Waals surface area contributed by atoms with Crippen LogP contribution in [0.4, 0.5) is 0 Å². The highest BCUT2D eigenvalue weighted by molar-refractivity contribution is 7.09. The molecule has 8 heteroatoms. The number of methoxy groups -OCH3 is 1. The molecular formula is C27H29N5O2S. The molecule has 0 bridgehead atoms. The molecule has 1 aliphatic heterocycles. The number of nitrogens with zero attached hydrogens (tertiary/aromatic N) is 5. The predicted octanol–water partition coefficient (Wildman–Crippen LogP) is 4.58. The summed E-state index contributed by atoms with van der Waals surface area (Å²) in [5, 5.41) is 8.05. The Labute approximate surface area is 209 Å². The molecule has 180 valence electrons. The molecule has 4 aromatic rings. The van der Waals surface area contributed by atoms with Crippen molar-refractivity contribution in [2.75, 3.05) is 33.3 Å². The van der Waals surface area contributed by atoms with Crippen LogP contribution in [0.5, 0.6) is 5.75 Å². The summed E-state index contributed by atoms with van der Waals surface area (Å²) in [6, 6.07) is 15.8. The van der Waals surface area contributed by atoms with Crippen molar-refractivity contribution >= 4 is 17.2 Å². The highest BCUT2D eigenvalue weighted by Gasteiger charge is 2.27. The van der Waals surface area contributed by atoms with Gasteiger partial charge in [-0.25, -0.2) is 9.67 Å². The molecule has 1 saturated heterocycles. The molecular weight excluding hydrogens is 458 g/mol. The van der Waals surface area contributed by atoms with Crippen LogP contribution in [0.1, 0.15) is 26.6 Å². The number of ether oxygens (including phenoxy) is 1. The predicted molar refractivity (Wildman–Crippen MR) is 138 cm³/mol. The van der Waals surface area contributed by atoms with E-state index in [1.807, 2.05) is 66.6 Å². The Morgan fingerprint density at radius 2 is 1.83 bits per heavy atom. The van der Waals surface area contributed by atoms with Crippen LogP contribution in [0.3, 0.4) is 0 Å². The summed E-state index contributed by atoms with van der Waals surface area (Å²) in [7, 11) is 1.64. The van der Waals surface area contributed by atoms with E-state index < -0.39 is 0 Å². The quantitative estimate of drug-likeness (QED) is 0.398. The average molecular weight is 488 g/mol. The second-order valence-corrected chi connectivity index (χ2v) is 9.89. The van der Waals surface area contributed by atoms with Gasteiger partial charge in [0, 0.05) is 49.9 Å². The van der Waals surface area contributed by atoms with E-state index in [1.165, 1.54) is 5.56 Å². The molecule has 0 aliphatic carbocycles. The lowest BCUT2D eigenvalue weighted by atomic mass is 10.1. The second-order valence-electron chi connectivity index (χ2n) is 8.83. The van der Waals surface area contributed by atoms with Crippen molar-refractivity contribution in [1.29, 1.82) is 0 Å². The van der Waals surface area contributed by atoms with E-state index in [0.29, 0.717) is 24.3 Å². The lowest BCUT2D eigenvalue weighted by Gasteiger charge is -2.34. The monoisotopic (exact) mass is 487 g/mol. The number of aryl methyl sites for hydroxylation is 2. The van der Waals surface area contributed by atoms with Crippen LogP contribution < -0.4 is 4.74 Å². The van der Waals surface area contributed by atoms with Crippen LogP contribution in [-0.4, -0.2) is 63.8 Å². The summed E-state index contributed by atoms with van der Waals surface area (Å²) in [6.45, 7) is 7.91. The molecule has 7 nitrogen and oxygen atoms in total. The van der Waals surface area contributed by atoms with E-state index in [-0.39, 0.29) is 5.91 Å². The molecule has 0 spiro atoms. The standard InChI is InChI=1S/C27H29N5O2S/c1-19-7-9-23(10-8-19)32-17-25(26(29-32)21-5-4-6-24(15-21)34-3)27(33)31-13-11-30(12-14-31)16-22-18-35-20(2)28-22/h4-10,15,17-18H,11-14,16H2,1-3H3. The van der Waals surface area contributed by atoms with Crippen molar-refractivity contribution in [2.24, 2.45) is 0 Å². The number of amides is 1. The maximum absolute atomic E-state index is 13.7. The number of aromatic nitrogens is 3. The molecule has 3 heterocycles. The Hall–Kier alpha value is -3.49. The number of hydrogen-bond donors (Lipinski definition) is 0. The van der Waals surface area contributed by atoms with Gasteiger partial charge in [-0.2, -0.15) is 5.10 Å². The first-order valence-corrected chi connectivity index (χ1v) is 12.6. The highest BCUT2D eigenvalue weighted by atomic mass is 32.1. The molecule has 0 unspecified atom stereocenters. The summed E-state index contributed by atoms with van der Waals surface area (Å²) in [5.74, 6) is 0.738. The van der Waals surface area contributed by atoms with Crippen LogP contribution in [0, 0.1) is 13.8 Å². The van der Waals surface area contributed by atoms with E-state index in [1.54, 1.807) is 23.1 Å². The van der Waals surface area contributed by atoms with Crippen LogP contribution in [0.15, 0.2) is 60.1 Å². The molecule has 0 radical (unpaired) electrons. The minimum atomic E-state index is 0.00494. The van der Waals surface area contributed by atoms with E-state index in [4.69, 9.17) is 9.84 Å². The lowest BCUT2D eigenvalue weighted by molar-refractivity contribution is 0.0628. The Bertz CT molecular complexity index is 1320. The number of piperazine rings is 1. The molecule has 2 aromatic heterocycles. The molecule has 0 N–H and O–H groups in total. The van der Waals surface area contributed by atoms with Gasteiger partial charge in [0.2, 0.25) is 0 Å².